The maximum atomic E-state index is 11.3. The number of rotatable bonds is 5. The standard InChI is InChI=1S/C13H21N3O2S/c1-3-6-16-7-4-10(5-8-16)15-13-14-9-11(19-13)12(17)18-2/h9-10H,3-8H2,1-2H3,(H,14,15). The Kier molecular flexibility index (Phi) is 5.15. The molecule has 0 atom stereocenters. The number of carbonyl (C=O) groups excluding carboxylic acids is 1. The number of likely N-dealkylation sites (tertiary alicyclic amines) is 1. The van der Waals surface area contributed by atoms with Gasteiger partial charge in [0, 0.05) is 19.1 Å². The lowest BCUT2D eigenvalue weighted by molar-refractivity contribution is 0.0606. The minimum atomic E-state index is -0.316. The fourth-order valence-corrected chi connectivity index (χ4v) is 3.14. The zero-order chi connectivity index (χ0) is 13.7. The van der Waals surface area contributed by atoms with Crippen molar-refractivity contribution in [2.45, 2.75) is 32.2 Å². The first-order chi connectivity index (χ1) is 9.22. The lowest BCUT2D eigenvalue weighted by atomic mass is 10.1. The number of hydrogen-bond acceptors (Lipinski definition) is 6. The van der Waals surface area contributed by atoms with Crippen molar-refractivity contribution in [3.05, 3.63) is 11.1 Å². The topological polar surface area (TPSA) is 54.5 Å². The van der Waals surface area contributed by atoms with E-state index in [1.807, 2.05) is 0 Å². The molecule has 19 heavy (non-hydrogen) atoms. The molecule has 0 spiro atoms. The molecular weight excluding hydrogens is 262 g/mol. The molecule has 5 nitrogen and oxygen atoms in total. The normalized spacial score (nSPS) is 17.4. The number of ether oxygens (including phenoxy) is 1. The fourth-order valence-electron chi connectivity index (χ4n) is 2.33. The van der Waals surface area contributed by atoms with Crippen LogP contribution < -0.4 is 5.32 Å². The van der Waals surface area contributed by atoms with Crippen molar-refractivity contribution in [3.63, 3.8) is 0 Å². The molecule has 0 unspecified atom stereocenters. The summed E-state index contributed by atoms with van der Waals surface area (Å²) in [7, 11) is 1.39. The smallest absolute Gasteiger partial charge is 0.349 e. The Labute approximate surface area is 118 Å². The molecule has 1 aromatic rings. The van der Waals surface area contributed by atoms with Crippen molar-refractivity contribution in [3.8, 4) is 0 Å². The van der Waals surface area contributed by atoms with Gasteiger partial charge in [0.25, 0.3) is 0 Å². The molecule has 2 rings (SSSR count). The lowest BCUT2D eigenvalue weighted by Crippen LogP contribution is -2.39. The summed E-state index contributed by atoms with van der Waals surface area (Å²) in [6.07, 6.45) is 5.05. The van der Waals surface area contributed by atoms with Crippen LogP contribution in [0.2, 0.25) is 0 Å². The molecule has 1 aliphatic rings. The summed E-state index contributed by atoms with van der Waals surface area (Å²) in [4.78, 5) is 18.6. The second kappa shape index (κ2) is 6.86. The maximum Gasteiger partial charge on any atom is 0.349 e. The van der Waals surface area contributed by atoms with Crippen LogP contribution in [0.3, 0.4) is 0 Å². The number of nitrogens with zero attached hydrogens (tertiary/aromatic N) is 2. The molecule has 0 aromatic carbocycles. The molecule has 6 heteroatoms. The number of anilines is 1. The Balaban J connectivity index is 1.82. The van der Waals surface area contributed by atoms with E-state index in [0.717, 1.165) is 31.1 Å². The molecule has 1 N–H and O–H groups in total. The number of thiazole rings is 1. The van der Waals surface area contributed by atoms with Crippen molar-refractivity contribution < 1.29 is 9.53 Å². The SMILES string of the molecule is CCCN1CCC(Nc2ncc(C(=O)OC)s2)CC1. The summed E-state index contributed by atoms with van der Waals surface area (Å²) in [5.41, 5.74) is 0. The van der Waals surface area contributed by atoms with Crippen molar-refractivity contribution in [1.82, 2.24) is 9.88 Å². The van der Waals surface area contributed by atoms with Crippen molar-refractivity contribution >= 4 is 22.4 Å². The molecule has 106 valence electrons. The molecule has 0 amide bonds. The molecule has 2 heterocycles. The summed E-state index contributed by atoms with van der Waals surface area (Å²) < 4.78 is 4.68. The monoisotopic (exact) mass is 283 g/mol. The van der Waals surface area contributed by atoms with E-state index in [1.165, 1.54) is 31.4 Å². The van der Waals surface area contributed by atoms with Crippen molar-refractivity contribution in [2.75, 3.05) is 32.1 Å². The Bertz CT molecular complexity index is 414. The van der Waals surface area contributed by atoms with Gasteiger partial charge in [-0.3, -0.25) is 0 Å². The van der Waals surface area contributed by atoms with Gasteiger partial charge >= 0.3 is 5.97 Å². The van der Waals surface area contributed by atoms with Crippen LogP contribution >= 0.6 is 11.3 Å². The highest BCUT2D eigenvalue weighted by Gasteiger charge is 2.19. The van der Waals surface area contributed by atoms with E-state index < -0.39 is 0 Å². The Morgan fingerprint density at radius 2 is 2.32 bits per heavy atom. The van der Waals surface area contributed by atoms with E-state index >= 15 is 0 Å². The highest BCUT2D eigenvalue weighted by atomic mass is 32.1. The molecule has 0 saturated carbocycles. The first-order valence-corrected chi connectivity index (χ1v) is 7.57. The quantitative estimate of drug-likeness (QED) is 0.840. The Morgan fingerprint density at radius 3 is 2.95 bits per heavy atom. The van der Waals surface area contributed by atoms with Gasteiger partial charge in [0.2, 0.25) is 0 Å². The van der Waals surface area contributed by atoms with Crippen LogP contribution in [0.4, 0.5) is 5.13 Å². The van der Waals surface area contributed by atoms with Gasteiger partial charge in [-0.15, -0.1) is 0 Å². The highest BCUT2D eigenvalue weighted by molar-refractivity contribution is 7.17. The first-order valence-electron chi connectivity index (χ1n) is 6.76. The number of hydrogen-bond donors (Lipinski definition) is 1. The van der Waals surface area contributed by atoms with Crippen LogP contribution in [0.1, 0.15) is 35.9 Å². The summed E-state index contributed by atoms with van der Waals surface area (Å²) in [6, 6.07) is 0.463. The Hall–Kier alpha value is -1.14. The second-order valence-corrected chi connectivity index (χ2v) is 5.81. The van der Waals surface area contributed by atoms with Crippen LogP contribution in [0, 0.1) is 0 Å². The van der Waals surface area contributed by atoms with Crippen molar-refractivity contribution in [2.24, 2.45) is 0 Å². The van der Waals surface area contributed by atoms with Crippen molar-refractivity contribution in [1.29, 1.82) is 0 Å². The predicted molar refractivity (Wildman–Crippen MR) is 76.8 cm³/mol. The third-order valence-corrected chi connectivity index (χ3v) is 4.26. The second-order valence-electron chi connectivity index (χ2n) is 4.78. The van der Waals surface area contributed by atoms with Gasteiger partial charge in [-0.2, -0.15) is 0 Å². The summed E-state index contributed by atoms with van der Waals surface area (Å²) in [6.45, 7) is 5.69. The van der Waals surface area contributed by atoms with Gasteiger partial charge in [-0.05, 0) is 25.8 Å². The average molecular weight is 283 g/mol. The summed E-state index contributed by atoms with van der Waals surface area (Å²) in [5, 5.41) is 4.23. The number of methoxy groups -OCH3 is 1. The van der Waals surface area contributed by atoms with Gasteiger partial charge in [0.1, 0.15) is 4.88 Å². The fraction of sp³-hybridized carbons (Fsp3) is 0.692. The van der Waals surface area contributed by atoms with E-state index in [0.29, 0.717) is 10.9 Å². The molecule has 0 bridgehead atoms. The van der Waals surface area contributed by atoms with Gasteiger partial charge in [-0.25, -0.2) is 9.78 Å². The average Bonchev–Trinajstić information content (AvgIpc) is 2.89. The molecule has 1 aliphatic heterocycles. The van der Waals surface area contributed by atoms with E-state index in [9.17, 15) is 4.79 Å². The van der Waals surface area contributed by atoms with E-state index in [2.05, 4.69) is 26.9 Å². The van der Waals surface area contributed by atoms with Gasteiger partial charge in [0.05, 0.1) is 13.3 Å². The molecule has 1 saturated heterocycles. The zero-order valence-electron chi connectivity index (χ0n) is 11.5. The minimum Gasteiger partial charge on any atom is -0.465 e. The van der Waals surface area contributed by atoms with Crippen LogP contribution in [-0.4, -0.2) is 48.6 Å². The molecule has 1 fully saturated rings. The molecule has 0 aliphatic carbocycles. The number of carbonyl (C=O) groups is 1. The summed E-state index contributed by atoms with van der Waals surface area (Å²) in [5.74, 6) is -0.316. The van der Waals surface area contributed by atoms with Gasteiger partial charge < -0.3 is 15.0 Å². The maximum absolute atomic E-state index is 11.3. The van der Waals surface area contributed by atoms with Crippen LogP contribution in [0.15, 0.2) is 6.20 Å². The third-order valence-electron chi connectivity index (χ3n) is 3.35. The Morgan fingerprint density at radius 1 is 1.58 bits per heavy atom. The number of esters is 1. The number of nitrogens with one attached hydrogen (secondary N) is 1. The lowest BCUT2D eigenvalue weighted by Gasteiger charge is -2.31. The van der Waals surface area contributed by atoms with E-state index in [-0.39, 0.29) is 5.97 Å². The van der Waals surface area contributed by atoms with E-state index in [1.54, 1.807) is 6.20 Å². The summed E-state index contributed by atoms with van der Waals surface area (Å²) >= 11 is 1.36. The van der Waals surface area contributed by atoms with Gasteiger partial charge in [0.15, 0.2) is 5.13 Å². The number of aromatic nitrogens is 1. The zero-order valence-corrected chi connectivity index (χ0v) is 12.3. The number of piperidine rings is 1. The largest absolute Gasteiger partial charge is 0.465 e. The third kappa shape index (κ3) is 3.91. The predicted octanol–water partition coefficient (Wildman–Crippen LogP) is 2.22. The first kappa shape index (κ1) is 14.3. The van der Waals surface area contributed by atoms with Gasteiger partial charge in [-0.1, -0.05) is 18.3 Å². The minimum absolute atomic E-state index is 0.316. The molecule has 0 radical (unpaired) electrons. The van der Waals surface area contributed by atoms with E-state index in [4.69, 9.17) is 0 Å². The highest BCUT2D eigenvalue weighted by Crippen LogP contribution is 2.22. The molecule has 1 aromatic heterocycles. The van der Waals surface area contributed by atoms with Crippen LogP contribution in [0.5, 0.6) is 0 Å². The van der Waals surface area contributed by atoms with Crippen LogP contribution in [-0.2, 0) is 4.74 Å². The molecular formula is C13H21N3O2S. The van der Waals surface area contributed by atoms with Crippen LogP contribution in [0.25, 0.3) is 0 Å².